The van der Waals surface area contributed by atoms with Crippen LogP contribution in [0.5, 0.6) is 11.5 Å². The summed E-state index contributed by atoms with van der Waals surface area (Å²) in [4.78, 5) is 27.7. The van der Waals surface area contributed by atoms with Gasteiger partial charge in [0, 0.05) is 12.1 Å². The standard InChI is InChI=1S/C21H16N4O6S2/c1-29-11-9-16(30-2)18-17(10-11)33-21(22-18)24-20(32)23-19(26)15-8-7-14(31-15)12-5-3-4-6-13(12)25(27)28/h3-10H,1-2H3,(H2,22,23,24,26,32). The molecule has 0 bridgehead atoms. The topological polar surface area (TPSA) is 129 Å². The van der Waals surface area contributed by atoms with Crippen LogP contribution in [0.15, 0.2) is 52.9 Å². The van der Waals surface area contributed by atoms with E-state index in [0.717, 1.165) is 4.70 Å². The highest BCUT2D eigenvalue weighted by Gasteiger charge is 2.20. The van der Waals surface area contributed by atoms with Crippen LogP contribution in [0, 0.1) is 10.1 Å². The quantitative estimate of drug-likeness (QED) is 0.229. The second-order valence-corrected chi connectivity index (χ2v) is 7.98. The third-order valence-corrected chi connectivity index (χ3v) is 5.65. The number of hydrogen-bond donors (Lipinski definition) is 2. The van der Waals surface area contributed by atoms with Crippen molar-refractivity contribution in [1.29, 1.82) is 0 Å². The van der Waals surface area contributed by atoms with E-state index in [1.807, 2.05) is 6.07 Å². The molecule has 0 aliphatic rings. The Morgan fingerprint density at radius 1 is 1.18 bits per heavy atom. The first-order valence-corrected chi connectivity index (χ1v) is 10.6. The molecule has 10 nitrogen and oxygen atoms in total. The number of rotatable bonds is 6. The maximum atomic E-state index is 12.5. The Bertz CT molecular complexity index is 1380. The van der Waals surface area contributed by atoms with Crippen LogP contribution >= 0.6 is 23.6 Å². The van der Waals surface area contributed by atoms with Gasteiger partial charge in [-0.25, -0.2) is 4.98 Å². The van der Waals surface area contributed by atoms with E-state index >= 15 is 0 Å². The molecule has 12 heteroatoms. The highest BCUT2D eigenvalue weighted by atomic mass is 32.1. The second kappa shape index (κ2) is 9.22. The number of nitro groups is 1. The number of fused-ring (bicyclic) bond motifs is 1. The minimum absolute atomic E-state index is 0.00799. The van der Waals surface area contributed by atoms with E-state index in [4.69, 9.17) is 26.1 Å². The molecule has 0 radical (unpaired) electrons. The van der Waals surface area contributed by atoms with Crippen LogP contribution in [0.25, 0.3) is 21.5 Å². The first-order valence-electron chi connectivity index (χ1n) is 9.38. The van der Waals surface area contributed by atoms with Crippen molar-refractivity contribution in [3.63, 3.8) is 0 Å². The van der Waals surface area contributed by atoms with E-state index in [0.29, 0.717) is 22.1 Å². The van der Waals surface area contributed by atoms with E-state index in [9.17, 15) is 14.9 Å². The number of hydrogen-bond acceptors (Lipinski definition) is 9. The molecule has 33 heavy (non-hydrogen) atoms. The number of nitro benzene ring substituents is 1. The number of furan rings is 1. The third kappa shape index (κ3) is 4.61. The molecule has 0 saturated carbocycles. The largest absolute Gasteiger partial charge is 0.497 e. The van der Waals surface area contributed by atoms with Crippen LogP contribution in [-0.4, -0.2) is 35.1 Å². The number of nitrogens with zero attached hydrogens (tertiary/aromatic N) is 2. The molecular formula is C21H16N4O6S2. The van der Waals surface area contributed by atoms with Crippen molar-refractivity contribution in [1.82, 2.24) is 10.3 Å². The van der Waals surface area contributed by atoms with Gasteiger partial charge in [-0.2, -0.15) is 0 Å². The lowest BCUT2D eigenvalue weighted by molar-refractivity contribution is -0.384. The number of thiocarbonyl (C=S) groups is 1. The molecule has 0 aliphatic carbocycles. The number of thiazole rings is 1. The monoisotopic (exact) mass is 484 g/mol. The molecule has 4 aromatic rings. The Hall–Kier alpha value is -4.03. The number of methoxy groups -OCH3 is 2. The van der Waals surface area contributed by atoms with Gasteiger partial charge in [0.05, 0.1) is 29.4 Å². The van der Waals surface area contributed by atoms with Gasteiger partial charge >= 0.3 is 0 Å². The molecule has 2 heterocycles. The lowest BCUT2D eigenvalue weighted by Gasteiger charge is -2.05. The number of nitrogens with one attached hydrogen (secondary N) is 2. The fourth-order valence-corrected chi connectivity index (χ4v) is 4.21. The SMILES string of the molecule is COc1cc(OC)c2nc(NC(=S)NC(=O)c3ccc(-c4ccccc4[N+](=O)[O-])o3)sc2c1. The number of anilines is 1. The average molecular weight is 485 g/mol. The zero-order valence-electron chi connectivity index (χ0n) is 17.3. The summed E-state index contributed by atoms with van der Waals surface area (Å²) < 4.78 is 16.9. The zero-order chi connectivity index (χ0) is 23.5. The van der Waals surface area contributed by atoms with Crippen molar-refractivity contribution in [3.8, 4) is 22.8 Å². The lowest BCUT2D eigenvalue weighted by Crippen LogP contribution is -2.33. The maximum Gasteiger partial charge on any atom is 0.293 e. The molecular weight excluding hydrogens is 468 g/mol. The van der Waals surface area contributed by atoms with Gasteiger partial charge in [0.2, 0.25) is 0 Å². The summed E-state index contributed by atoms with van der Waals surface area (Å²) in [6.07, 6.45) is 0. The van der Waals surface area contributed by atoms with E-state index < -0.39 is 10.8 Å². The molecule has 2 N–H and O–H groups in total. The number of para-hydroxylation sites is 1. The summed E-state index contributed by atoms with van der Waals surface area (Å²) >= 11 is 6.52. The van der Waals surface area contributed by atoms with Gasteiger partial charge in [-0.05, 0) is 36.5 Å². The minimum atomic E-state index is -0.613. The first kappa shape index (κ1) is 22.2. The van der Waals surface area contributed by atoms with E-state index in [1.165, 1.54) is 36.6 Å². The van der Waals surface area contributed by atoms with E-state index in [-0.39, 0.29) is 27.9 Å². The summed E-state index contributed by atoms with van der Waals surface area (Å²) in [7, 11) is 3.09. The zero-order valence-corrected chi connectivity index (χ0v) is 18.9. The van der Waals surface area contributed by atoms with Crippen molar-refractivity contribution < 1.29 is 23.6 Å². The van der Waals surface area contributed by atoms with Gasteiger partial charge in [-0.3, -0.25) is 20.2 Å². The van der Waals surface area contributed by atoms with Crippen molar-refractivity contribution in [3.05, 3.63) is 64.4 Å². The van der Waals surface area contributed by atoms with Crippen molar-refractivity contribution in [2.45, 2.75) is 0 Å². The van der Waals surface area contributed by atoms with Gasteiger partial charge in [0.15, 0.2) is 16.0 Å². The molecule has 0 aliphatic heterocycles. The third-order valence-electron chi connectivity index (χ3n) is 4.53. The molecule has 0 saturated heterocycles. The van der Waals surface area contributed by atoms with Crippen LogP contribution in [0.2, 0.25) is 0 Å². The average Bonchev–Trinajstić information content (AvgIpc) is 3.45. The molecule has 0 atom stereocenters. The number of amides is 1. The smallest absolute Gasteiger partial charge is 0.293 e. The highest BCUT2D eigenvalue weighted by molar-refractivity contribution is 7.80. The normalized spacial score (nSPS) is 10.6. The molecule has 0 unspecified atom stereocenters. The van der Waals surface area contributed by atoms with Crippen molar-refractivity contribution in [2.75, 3.05) is 19.5 Å². The lowest BCUT2D eigenvalue weighted by atomic mass is 10.1. The van der Waals surface area contributed by atoms with Gasteiger partial charge in [0.25, 0.3) is 11.6 Å². The fraction of sp³-hybridized carbons (Fsp3) is 0.0952. The summed E-state index contributed by atoms with van der Waals surface area (Å²) in [5, 5.41) is 17.1. The molecule has 4 rings (SSSR count). The molecule has 2 aromatic carbocycles. The Morgan fingerprint density at radius 3 is 2.70 bits per heavy atom. The first-order chi connectivity index (χ1) is 15.9. The Kier molecular flexibility index (Phi) is 6.20. The number of carbonyl (C=O) groups is 1. The minimum Gasteiger partial charge on any atom is -0.497 e. The Labute approximate surface area is 196 Å². The van der Waals surface area contributed by atoms with Crippen LogP contribution in [0.1, 0.15) is 10.6 Å². The van der Waals surface area contributed by atoms with Gasteiger partial charge in [-0.1, -0.05) is 23.5 Å². The van der Waals surface area contributed by atoms with Gasteiger partial charge < -0.3 is 19.2 Å². The predicted molar refractivity (Wildman–Crippen MR) is 127 cm³/mol. The molecule has 2 aromatic heterocycles. The van der Waals surface area contributed by atoms with Gasteiger partial charge in [0.1, 0.15) is 22.8 Å². The molecule has 1 amide bonds. The van der Waals surface area contributed by atoms with Crippen molar-refractivity contribution >= 4 is 55.6 Å². The maximum absolute atomic E-state index is 12.5. The van der Waals surface area contributed by atoms with Crippen LogP contribution < -0.4 is 20.1 Å². The molecule has 0 spiro atoms. The van der Waals surface area contributed by atoms with Crippen LogP contribution in [0.3, 0.4) is 0 Å². The number of ether oxygens (including phenoxy) is 2. The number of carbonyl (C=O) groups excluding carboxylic acids is 1. The summed E-state index contributed by atoms with van der Waals surface area (Å²) in [6, 6.07) is 12.5. The van der Waals surface area contributed by atoms with Crippen molar-refractivity contribution in [2.24, 2.45) is 0 Å². The molecule has 168 valence electrons. The van der Waals surface area contributed by atoms with E-state index in [1.54, 1.807) is 31.4 Å². The Morgan fingerprint density at radius 2 is 1.97 bits per heavy atom. The summed E-state index contributed by atoms with van der Waals surface area (Å²) in [5.74, 6) is 0.693. The number of aromatic nitrogens is 1. The highest BCUT2D eigenvalue weighted by Crippen LogP contribution is 2.36. The second-order valence-electron chi connectivity index (χ2n) is 6.54. The van der Waals surface area contributed by atoms with Crippen LogP contribution in [0.4, 0.5) is 10.8 Å². The summed E-state index contributed by atoms with van der Waals surface area (Å²) in [5.41, 5.74) is 0.764. The predicted octanol–water partition coefficient (Wildman–Crippen LogP) is 4.61. The van der Waals surface area contributed by atoms with Crippen LogP contribution in [-0.2, 0) is 0 Å². The Balaban J connectivity index is 1.48. The fourth-order valence-electron chi connectivity index (χ4n) is 3.04. The molecule has 0 fully saturated rings. The summed E-state index contributed by atoms with van der Waals surface area (Å²) in [6.45, 7) is 0. The number of benzene rings is 2. The van der Waals surface area contributed by atoms with E-state index in [2.05, 4.69) is 15.6 Å². The van der Waals surface area contributed by atoms with Gasteiger partial charge in [-0.15, -0.1) is 0 Å².